The highest BCUT2D eigenvalue weighted by atomic mass is 16.5. The zero-order valence-electron chi connectivity index (χ0n) is 16.3. The normalized spacial score (nSPS) is 17.9. The van der Waals surface area contributed by atoms with E-state index in [0.29, 0.717) is 17.9 Å². The molecule has 0 spiro atoms. The number of rotatable bonds is 5. The summed E-state index contributed by atoms with van der Waals surface area (Å²) in [4.78, 5) is 50.4. The Morgan fingerprint density at radius 2 is 1.93 bits per heavy atom. The Bertz CT molecular complexity index is 1070. The first-order valence-electron chi connectivity index (χ1n) is 9.61. The molecule has 2 aromatic rings. The summed E-state index contributed by atoms with van der Waals surface area (Å²) in [5, 5.41) is 13.8. The highest BCUT2D eigenvalue weighted by Gasteiger charge is 2.38. The molecule has 1 fully saturated rings. The average Bonchev–Trinajstić information content (AvgIpc) is 3.32. The first-order chi connectivity index (χ1) is 14.4. The van der Waals surface area contributed by atoms with Crippen LogP contribution in [0.3, 0.4) is 0 Å². The van der Waals surface area contributed by atoms with E-state index in [9.17, 15) is 24.3 Å². The van der Waals surface area contributed by atoms with Crippen molar-refractivity contribution in [3.05, 3.63) is 64.2 Å². The lowest BCUT2D eigenvalue weighted by Gasteiger charge is -2.17. The topological polar surface area (TPSA) is 116 Å². The third kappa shape index (κ3) is 3.46. The van der Waals surface area contributed by atoms with E-state index in [4.69, 9.17) is 4.74 Å². The number of carbonyl (C=O) groups is 4. The van der Waals surface area contributed by atoms with Gasteiger partial charge in [-0.15, -0.1) is 0 Å². The second-order valence-electron chi connectivity index (χ2n) is 7.34. The molecular formula is C22H19N2O6-. The smallest absolute Gasteiger partial charge is 0.261 e. The summed E-state index contributed by atoms with van der Waals surface area (Å²) < 4.78 is 5.52. The van der Waals surface area contributed by atoms with Crippen LogP contribution in [0.15, 0.2) is 36.4 Å². The highest BCUT2D eigenvalue weighted by molar-refractivity contribution is 6.22. The van der Waals surface area contributed by atoms with Crippen LogP contribution in [0.5, 0.6) is 0 Å². The number of carboxylic acids is 1. The molecule has 0 radical (unpaired) electrons. The maximum absolute atomic E-state index is 12.7. The molecule has 2 aliphatic heterocycles. The molecule has 4 rings (SSSR count). The number of hydrogen-bond acceptors (Lipinski definition) is 6. The number of fused-ring (bicyclic) bond motifs is 1. The number of ether oxygens (including phenoxy) is 1. The maximum atomic E-state index is 12.7. The number of imide groups is 1. The summed E-state index contributed by atoms with van der Waals surface area (Å²) in [5.41, 5.74) is 1.28. The van der Waals surface area contributed by atoms with E-state index in [0.717, 1.165) is 17.7 Å². The van der Waals surface area contributed by atoms with Gasteiger partial charge in [0.15, 0.2) is 0 Å². The number of nitrogens with zero attached hydrogens (tertiary/aromatic N) is 1. The fraction of sp³-hybridized carbons (Fsp3) is 0.273. The molecule has 3 amide bonds. The van der Waals surface area contributed by atoms with Gasteiger partial charge < -0.3 is 20.0 Å². The summed E-state index contributed by atoms with van der Waals surface area (Å²) in [6, 6.07) is 8.78. The van der Waals surface area contributed by atoms with Crippen molar-refractivity contribution in [1.29, 1.82) is 0 Å². The average molecular weight is 407 g/mol. The minimum Gasteiger partial charge on any atom is -0.545 e. The molecule has 1 atom stereocenters. The molecule has 154 valence electrons. The Balaban J connectivity index is 1.55. The van der Waals surface area contributed by atoms with Crippen LogP contribution >= 0.6 is 0 Å². The number of carbonyl (C=O) groups excluding carboxylic acids is 4. The monoisotopic (exact) mass is 407 g/mol. The molecule has 1 saturated heterocycles. The van der Waals surface area contributed by atoms with Crippen molar-refractivity contribution < 1.29 is 29.0 Å². The lowest BCUT2D eigenvalue weighted by molar-refractivity contribution is -0.255. The highest BCUT2D eigenvalue weighted by Crippen LogP contribution is 2.27. The number of benzene rings is 2. The second-order valence-corrected chi connectivity index (χ2v) is 7.34. The molecule has 2 aliphatic rings. The van der Waals surface area contributed by atoms with Crippen molar-refractivity contribution in [1.82, 2.24) is 4.90 Å². The predicted octanol–water partition coefficient (Wildman–Crippen LogP) is 1.39. The Morgan fingerprint density at radius 3 is 2.63 bits per heavy atom. The number of hydrogen-bond donors (Lipinski definition) is 1. The quantitative estimate of drug-likeness (QED) is 0.749. The van der Waals surface area contributed by atoms with E-state index in [2.05, 4.69) is 5.32 Å². The third-order valence-corrected chi connectivity index (χ3v) is 5.44. The zero-order valence-corrected chi connectivity index (χ0v) is 16.3. The molecule has 0 saturated carbocycles. The molecule has 0 aliphatic carbocycles. The molecule has 0 unspecified atom stereocenters. The number of amides is 3. The van der Waals surface area contributed by atoms with Crippen molar-refractivity contribution in [2.45, 2.75) is 25.9 Å². The molecule has 2 heterocycles. The Kier molecular flexibility index (Phi) is 5.09. The summed E-state index contributed by atoms with van der Waals surface area (Å²) in [7, 11) is 0. The number of aromatic carboxylic acids is 1. The van der Waals surface area contributed by atoms with Crippen molar-refractivity contribution in [2.24, 2.45) is 0 Å². The fourth-order valence-electron chi connectivity index (χ4n) is 3.78. The van der Waals surface area contributed by atoms with Gasteiger partial charge in [0.05, 0.1) is 29.7 Å². The minimum atomic E-state index is -1.34. The molecule has 0 bridgehead atoms. The van der Waals surface area contributed by atoms with Crippen LogP contribution in [-0.4, -0.2) is 47.8 Å². The van der Waals surface area contributed by atoms with Crippen LogP contribution in [0.2, 0.25) is 0 Å². The molecule has 8 nitrogen and oxygen atoms in total. The number of nitrogens with one attached hydrogen (secondary N) is 1. The molecule has 0 aromatic heterocycles. The van der Waals surface area contributed by atoms with Gasteiger partial charge in [-0.2, -0.15) is 0 Å². The van der Waals surface area contributed by atoms with E-state index in [1.54, 1.807) is 13.0 Å². The summed E-state index contributed by atoms with van der Waals surface area (Å²) in [6.45, 7) is 2.38. The van der Waals surface area contributed by atoms with Crippen molar-refractivity contribution >= 4 is 29.4 Å². The van der Waals surface area contributed by atoms with Gasteiger partial charge in [0, 0.05) is 23.4 Å². The van der Waals surface area contributed by atoms with Gasteiger partial charge in [0.1, 0.15) is 0 Å². The SMILES string of the molecule is Cc1c(NC(=O)c2ccc3c(c2)C(=O)N(C[C@H]2CCCO2)C3=O)cccc1C(=O)[O-]. The van der Waals surface area contributed by atoms with Crippen LogP contribution in [0.25, 0.3) is 0 Å². The van der Waals surface area contributed by atoms with E-state index in [1.165, 1.54) is 30.3 Å². The van der Waals surface area contributed by atoms with Crippen LogP contribution in [0.4, 0.5) is 5.69 Å². The van der Waals surface area contributed by atoms with Crippen molar-refractivity contribution in [3.8, 4) is 0 Å². The van der Waals surface area contributed by atoms with Gasteiger partial charge in [-0.05, 0) is 49.6 Å². The Hall–Kier alpha value is -3.52. The van der Waals surface area contributed by atoms with Gasteiger partial charge in [0.25, 0.3) is 17.7 Å². The van der Waals surface area contributed by atoms with Gasteiger partial charge in [-0.1, -0.05) is 12.1 Å². The van der Waals surface area contributed by atoms with E-state index in [1.807, 2.05) is 0 Å². The Morgan fingerprint density at radius 1 is 1.17 bits per heavy atom. The fourth-order valence-corrected chi connectivity index (χ4v) is 3.78. The zero-order chi connectivity index (χ0) is 21.4. The first kappa shape index (κ1) is 19.8. The van der Waals surface area contributed by atoms with Gasteiger partial charge in [0.2, 0.25) is 0 Å². The summed E-state index contributed by atoms with van der Waals surface area (Å²) in [6.07, 6.45) is 1.54. The summed E-state index contributed by atoms with van der Waals surface area (Å²) in [5.74, 6) is -2.70. The first-order valence-corrected chi connectivity index (χ1v) is 9.61. The van der Waals surface area contributed by atoms with Crippen molar-refractivity contribution in [3.63, 3.8) is 0 Å². The number of carboxylic acid groups (broad SMARTS) is 1. The van der Waals surface area contributed by atoms with E-state index >= 15 is 0 Å². The van der Waals surface area contributed by atoms with E-state index < -0.39 is 23.7 Å². The van der Waals surface area contributed by atoms with Crippen molar-refractivity contribution in [2.75, 3.05) is 18.5 Å². The summed E-state index contributed by atoms with van der Waals surface area (Å²) >= 11 is 0. The standard InChI is InChI=1S/C22H20N2O6/c1-12-15(22(28)29)5-2-6-18(12)23-19(25)13-7-8-16-17(10-13)21(27)24(20(16)26)11-14-4-3-9-30-14/h2,5-8,10,14H,3-4,9,11H2,1H3,(H,23,25)(H,28,29)/p-1/t14-/m1/s1. The molecule has 8 heteroatoms. The number of anilines is 1. The van der Waals surface area contributed by atoms with Gasteiger partial charge >= 0.3 is 0 Å². The van der Waals surface area contributed by atoms with Crippen LogP contribution in [0.1, 0.15) is 59.8 Å². The van der Waals surface area contributed by atoms with Gasteiger partial charge in [-0.25, -0.2) is 0 Å². The van der Waals surface area contributed by atoms with Gasteiger partial charge in [-0.3, -0.25) is 19.3 Å². The van der Waals surface area contributed by atoms with Crippen LogP contribution < -0.4 is 10.4 Å². The lowest BCUT2D eigenvalue weighted by atomic mass is 10.0. The molecule has 1 N–H and O–H groups in total. The van der Waals surface area contributed by atoms with E-state index in [-0.39, 0.29) is 34.9 Å². The predicted molar refractivity (Wildman–Crippen MR) is 104 cm³/mol. The second kappa shape index (κ2) is 7.72. The molecule has 30 heavy (non-hydrogen) atoms. The molecule has 2 aromatic carbocycles. The third-order valence-electron chi connectivity index (χ3n) is 5.44. The largest absolute Gasteiger partial charge is 0.545 e. The van der Waals surface area contributed by atoms with Crippen LogP contribution in [-0.2, 0) is 4.74 Å². The minimum absolute atomic E-state index is 0.0210. The molecular weight excluding hydrogens is 388 g/mol. The van der Waals surface area contributed by atoms with Crippen LogP contribution in [0, 0.1) is 6.92 Å². The Labute approximate surface area is 172 Å². The lowest BCUT2D eigenvalue weighted by Crippen LogP contribution is -2.36. The maximum Gasteiger partial charge on any atom is 0.261 e.